The summed E-state index contributed by atoms with van der Waals surface area (Å²) in [5, 5.41) is 22.3. The predicted molar refractivity (Wildman–Crippen MR) is 165 cm³/mol. The van der Waals surface area contributed by atoms with E-state index in [0.717, 1.165) is 11.1 Å². The number of alkyl halides is 2. The Morgan fingerprint density at radius 1 is 0.778 bits per heavy atom. The van der Waals surface area contributed by atoms with Gasteiger partial charge in [0.2, 0.25) is 12.3 Å². The van der Waals surface area contributed by atoms with Crippen LogP contribution in [0.1, 0.15) is 74.2 Å². The SMILES string of the molecule is CCC1=C(C)C(=O)N=C1/C=c1/[nH]/c(=C\c2[nH]c(/C=C3\NC(=O)C(C)=C3CC)c(C)c2CC(F)C(=O)O)c(CC(F)C(=O)O)c1C. The van der Waals surface area contributed by atoms with E-state index in [9.17, 15) is 38.2 Å². The second-order valence-electron chi connectivity index (χ2n) is 11.1. The number of allylic oxidation sites excluding steroid dienone is 2. The summed E-state index contributed by atoms with van der Waals surface area (Å²) in [5.74, 6) is -3.85. The topological polar surface area (TPSA) is 165 Å². The summed E-state index contributed by atoms with van der Waals surface area (Å²) >= 11 is 0. The maximum atomic E-state index is 14.6. The molecule has 4 rings (SSSR count). The van der Waals surface area contributed by atoms with Gasteiger partial charge in [-0.1, -0.05) is 13.8 Å². The van der Waals surface area contributed by atoms with E-state index in [4.69, 9.17) is 0 Å². The van der Waals surface area contributed by atoms with Crippen molar-refractivity contribution in [3.8, 4) is 0 Å². The summed E-state index contributed by atoms with van der Waals surface area (Å²) < 4.78 is 29.3. The van der Waals surface area contributed by atoms with Gasteiger partial charge >= 0.3 is 11.9 Å². The number of aromatic nitrogens is 2. The number of hydrogen-bond acceptors (Lipinski definition) is 4. The monoisotopic (exact) mass is 622 g/mol. The van der Waals surface area contributed by atoms with Gasteiger partial charge in [-0.3, -0.25) is 9.59 Å². The first-order chi connectivity index (χ1) is 21.2. The van der Waals surface area contributed by atoms with Gasteiger partial charge in [-0.2, -0.15) is 0 Å². The van der Waals surface area contributed by atoms with Crippen LogP contribution in [-0.2, 0) is 32.0 Å². The second kappa shape index (κ2) is 13.0. The third-order valence-corrected chi connectivity index (χ3v) is 8.44. The molecule has 0 bridgehead atoms. The normalized spacial score (nSPS) is 18.4. The van der Waals surface area contributed by atoms with Crippen molar-refractivity contribution in [2.75, 3.05) is 0 Å². The molecule has 10 nitrogen and oxygen atoms in total. The van der Waals surface area contributed by atoms with Crippen LogP contribution in [0.4, 0.5) is 8.78 Å². The molecule has 2 unspecified atom stereocenters. The lowest BCUT2D eigenvalue weighted by Gasteiger charge is -2.06. The summed E-state index contributed by atoms with van der Waals surface area (Å²) in [5.41, 5.74) is 6.26. The number of carbonyl (C=O) groups excluding carboxylic acids is 2. The molecule has 2 aliphatic heterocycles. The molecule has 2 aliphatic rings. The molecule has 0 aliphatic carbocycles. The molecule has 0 fully saturated rings. The average molecular weight is 623 g/mol. The first-order valence-corrected chi connectivity index (χ1v) is 14.6. The molecule has 0 saturated heterocycles. The molecule has 0 spiro atoms. The Kier molecular flexibility index (Phi) is 9.55. The van der Waals surface area contributed by atoms with E-state index in [0.29, 0.717) is 79.7 Å². The fourth-order valence-corrected chi connectivity index (χ4v) is 5.73. The second-order valence-corrected chi connectivity index (χ2v) is 11.1. The van der Waals surface area contributed by atoms with Crippen LogP contribution >= 0.6 is 0 Å². The molecule has 238 valence electrons. The largest absolute Gasteiger partial charge is 0.479 e. The number of nitrogens with one attached hydrogen (secondary N) is 3. The number of aromatic amines is 2. The van der Waals surface area contributed by atoms with E-state index in [1.54, 1.807) is 45.9 Å². The van der Waals surface area contributed by atoms with Gasteiger partial charge in [0.1, 0.15) is 0 Å². The van der Waals surface area contributed by atoms with Crippen molar-refractivity contribution >= 4 is 47.7 Å². The van der Waals surface area contributed by atoms with Gasteiger partial charge in [0.05, 0.1) is 5.71 Å². The number of carboxylic acid groups (broad SMARTS) is 2. The maximum Gasteiger partial charge on any atom is 0.338 e. The minimum absolute atomic E-state index is 0.233. The Labute approximate surface area is 258 Å². The number of carbonyl (C=O) groups is 4. The highest BCUT2D eigenvalue weighted by molar-refractivity contribution is 6.30. The number of halogens is 2. The summed E-state index contributed by atoms with van der Waals surface area (Å²) in [7, 11) is 0. The fourth-order valence-electron chi connectivity index (χ4n) is 5.73. The standard InChI is InChI=1S/C33H36F2N4O6/c1-7-18-16(5)30(40)38-26(18)11-24-14(3)20(9-22(34)32(42)43)28(36-24)13-29-21(10-23(35)33(44)45)15(4)25(37-29)12-27-19(8-2)17(6)31(41)39-27/h11-13,22-23,36-37H,7-10H2,1-6H3,(H,38,40)(H,42,43)(H,44,45)/b25-12+,26-11-,29-13-. The van der Waals surface area contributed by atoms with Gasteiger partial charge < -0.3 is 25.5 Å². The highest BCUT2D eigenvalue weighted by Gasteiger charge is 2.26. The van der Waals surface area contributed by atoms with E-state index in [-0.39, 0.29) is 11.8 Å². The molecular weight excluding hydrogens is 586 g/mol. The van der Waals surface area contributed by atoms with Crippen LogP contribution in [0.5, 0.6) is 0 Å². The van der Waals surface area contributed by atoms with Gasteiger partial charge in [0.15, 0.2) is 0 Å². The number of aliphatic imine (C=N–C) groups is 1. The number of aliphatic carboxylic acids is 2. The van der Waals surface area contributed by atoms with Crippen molar-refractivity contribution in [2.24, 2.45) is 4.99 Å². The highest BCUT2D eigenvalue weighted by Crippen LogP contribution is 2.29. The Hall–Kier alpha value is -4.87. The van der Waals surface area contributed by atoms with Gasteiger partial charge in [0.25, 0.3) is 11.8 Å². The Bertz CT molecular complexity index is 1870. The lowest BCUT2D eigenvalue weighted by Crippen LogP contribution is -2.22. The van der Waals surface area contributed by atoms with Gasteiger partial charge in [0, 0.05) is 51.8 Å². The van der Waals surface area contributed by atoms with Crippen LogP contribution in [0.15, 0.2) is 33.0 Å². The van der Waals surface area contributed by atoms with Gasteiger partial charge in [-0.05, 0) is 92.2 Å². The first-order valence-electron chi connectivity index (χ1n) is 14.6. The van der Waals surface area contributed by atoms with Crippen LogP contribution < -0.4 is 16.0 Å². The number of H-pyrrole nitrogens is 2. The summed E-state index contributed by atoms with van der Waals surface area (Å²) in [6.45, 7) is 10.6. The zero-order valence-corrected chi connectivity index (χ0v) is 25.9. The molecule has 0 radical (unpaired) electrons. The Morgan fingerprint density at radius 2 is 1.38 bits per heavy atom. The zero-order valence-electron chi connectivity index (χ0n) is 25.9. The molecule has 2 amide bonds. The lowest BCUT2D eigenvalue weighted by molar-refractivity contribution is -0.143. The molecule has 0 saturated carbocycles. The molecule has 12 heteroatoms. The van der Waals surface area contributed by atoms with Crippen molar-refractivity contribution in [1.29, 1.82) is 0 Å². The van der Waals surface area contributed by atoms with E-state index in [1.165, 1.54) is 0 Å². The van der Waals surface area contributed by atoms with Crippen molar-refractivity contribution < 1.29 is 38.2 Å². The minimum Gasteiger partial charge on any atom is -0.479 e. The molecule has 45 heavy (non-hydrogen) atoms. The molecule has 2 aromatic heterocycles. The number of nitrogens with zero attached hydrogens (tertiary/aromatic N) is 1. The van der Waals surface area contributed by atoms with Gasteiger partial charge in [-0.25, -0.2) is 23.4 Å². The predicted octanol–water partition coefficient (Wildman–Crippen LogP) is 3.40. The van der Waals surface area contributed by atoms with Crippen molar-refractivity contribution in [3.63, 3.8) is 0 Å². The van der Waals surface area contributed by atoms with Crippen LogP contribution in [-0.4, -0.2) is 62.0 Å². The number of rotatable bonds is 11. The third kappa shape index (κ3) is 6.50. The number of hydrogen-bond donors (Lipinski definition) is 5. The molecule has 2 atom stereocenters. The maximum absolute atomic E-state index is 14.6. The summed E-state index contributed by atoms with van der Waals surface area (Å²) in [6, 6.07) is 0. The lowest BCUT2D eigenvalue weighted by atomic mass is 10.0. The highest BCUT2D eigenvalue weighted by atomic mass is 19.1. The van der Waals surface area contributed by atoms with E-state index in [2.05, 4.69) is 20.3 Å². The molecule has 5 N–H and O–H groups in total. The quantitative estimate of drug-likeness (QED) is 0.258. The number of carboxylic acids is 2. The summed E-state index contributed by atoms with van der Waals surface area (Å²) in [4.78, 5) is 58.0. The smallest absolute Gasteiger partial charge is 0.338 e. The van der Waals surface area contributed by atoms with Crippen LogP contribution in [0, 0.1) is 13.8 Å². The molecular formula is C33H36F2N4O6. The van der Waals surface area contributed by atoms with E-state index >= 15 is 0 Å². The Balaban J connectivity index is 1.96. The Morgan fingerprint density at radius 3 is 1.96 bits per heavy atom. The fraction of sp³-hybridized carbons (Fsp3) is 0.364. The van der Waals surface area contributed by atoms with Gasteiger partial charge in [-0.15, -0.1) is 0 Å². The van der Waals surface area contributed by atoms with Crippen LogP contribution in [0.3, 0.4) is 0 Å². The molecule has 2 aromatic rings. The van der Waals surface area contributed by atoms with Crippen molar-refractivity contribution in [3.05, 3.63) is 72.3 Å². The number of amides is 2. The van der Waals surface area contributed by atoms with E-state index in [1.807, 2.05) is 13.8 Å². The van der Waals surface area contributed by atoms with Crippen molar-refractivity contribution in [2.45, 2.75) is 79.6 Å². The molecule has 4 heterocycles. The summed E-state index contributed by atoms with van der Waals surface area (Å²) in [6.07, 6.45) is 0.643. The third-order valence-electron chi connectivity index (χ3n) is 8.44. The van der Waals surface area contributed by atoms with Crippen molar-refractivity contribution in [1.82, 2.24) is 15.3 Å². The average Bonchev–Trinajstić information content (AvgIpc) is 3.62. The van der Waals surface area contributed by atoms with Crippen LogP contribution in [0.2, 0.25) is 0 Å². The molecule has 0 aromatic carbocycles. The zero-order chi connectivity index (χ0) is 33.3. The first kappa shape index (κ1) is 33.0. The van der Waals surface area contributed by atoms with Crippen LogP contribution in [0.25, 0.3) is 18.2 Å². The van der Waals surface area contributed by atoms with E-state index < -0.39 is 37.1 Å². The minimum atomic E-state index is -2.22.